The van der Waals surface area contributed by atoms with Crippen molar-refractivity contribution in [2.45, 2.75) is 64.7 Å². The third-order valence-electron chi connectivity index (χ3n) is 3.81. The van der Waals surface area contributed by atoms with Crippen molar-refractivity contribution in [3.8, 4) is 0 Å². The fourth-order valence-corrected chi connectivity index (χ4v) is 3.09. The van der Waals surface area contributed by atoms with Gasteiger partial charge < -0.3 is 15.5 Å². The first-order chi connectivity index (χ1) is 11.5. The van der Waals surface area contributed by atoms with E-state index in [2.05, 4.69) is 20.6 Å². The van der Waals surface area contributed by atoms with E-state index < -0.39 is 11.9 Å². The van der Waals surface area contributed by atoms with Gasteiger partial charge in [0.15, 0.2) is 10.8 Å². The Morgan fingerprint density at radius 1 is 1.24 bits per heavy atom. The van der Waals surface area contributed by atoms with Crippen molar-refractivity contribution in [2.24, 2.45) is 0 Å². The van der Waals surface area contributed by atoms with Gasteiger partial charge >= 0.3 is 6.18 Å². The highest BCUT2D eigenvalue weighted by atomic mass is 32.1. The van der Waals surface area contributed by atoms with Crippen LogP contribution < -0.4 is 15.5 Å². The van der Waals surface area contributed by atoms with Crippen LogP contribution in [0.2, 0.25) is 0 Å². The zero-order valence-corrected chi connectivity index (χ0v) is 15.7. The molecular formula is C16H24F3N5S. The zero-order chi connectivity index (χ0) is 18.8. The molecule has 1 saturated heterocycles. The van der Waals surface area contributed by atoms with Crippen LogP contribution in [0.4, 0.5) is 24.9 Å². The summed E-state index contributed by atoms with van der Waals surface area (Å²) in [6.45, 7) is 8.37. The summed E-state index contributed by atoms with van der Waals surface area (Å²) in [5.74, 6) is 0.125. The molecule has 1 aliphatic heterocycles. The van der Waals surface area contributed by atoms with Crippen molar-refractivity contribution in [2.75, 3.05) is 16.8 Å². The number of anilines is 2. The molecule has 0 saturated carbocycles. The van der Waals surface area contributed by atoms with Crippen LogP contribution >= 0.6 is 12.2 Å². The molecule has 0 bridgehead atoms. The van der Waals surface area contributed by atoms with Crippen LogP contribution in [-0.2, 0) is 6.18 Å². The van der Waals surface area contributed by atoms with Gasteiger partial charge in [-0.2, -0.15) is 18.2 Å². The van der Waals surface area contributed by atoms with E-state index in [-0.39, 0.29) is 28.5 Å². The summed E-state index contributed by atoms with van der Waals surface area (Å²) in [5.41, 5.74) is -1.30. The second-order valence-electron chi connectivity index (χ2n) is 7.30. The zero-order valence-electron chi connectivity index (χ0n) is 14.9. The minimum absolute atomic E-state index is 0.136. The van der Waals surface area contributed by atoms with Crippen molar-refractivity contribution in [3.63, 3.8) is 0 Å². The summed E-state index contributed by atoms with van der Waals surface area (Å²) in [6, 6.07) is 1.14. The van der Waals surface area contributed by atoms with E-state index in [1.165, 1.54) is 0 Å². The first-order valence-electron chi connectivity index (χ1n) is 8.28. The topological polar surface area (TPSA) is 53.1 Å². The molecular weight excluding hydrogens is 351 g/mol. The molecule has 0 aromatic carbocycles. The van der Waals surface area contributed by atoms with Crippen LogP contribution in [0.5, 0.6) is 0 Å². The molecule has 9 heteroatoms. The average molecular weight is 375 g/mol. The number of nitrogens with one attached hydrogen (secondary N) is 2. The van der Waals surface area contributed by atoms with Gasteiger partial charge in [0.25, 0.3) is 0 Å². The Morgan fingerprint density at radius 3 is 2.48 bits per heavy atom. The first kappa shape index (κ1) is 19.7. The van der Waals surface area contributed by atoms with Gasteiger partial charge in [-0.05, 0) is 59.2 Å². The van der Waals surface area contributed by atoms with Gasteiger partial charge in [-0.1, -0.05) is 0 Å². The summed E-state index contributed by atoms with van der Waals surface area (Å²) in [6.07, 6.45) is -1.62. The van der Waals surface area contributed by atoms with Crippen molar-refractivity contribution >= 4 is 29.1 Å². The molecule has 0 unspecified atom stereocenters. The number of hydrogen-bond donors (Lipinski definition) is 2. The maximum absolute atomic E-state index is 13.2. The van der Waals surface area contributed by atoms with Crippen LogP contribution in [0.3, 0.4) is 0 Å². The Hall–Kier alpha value is -1.64. The van der Waals surface area contributed by atoms with Crippen LogP contribution in [-0.4, -0.2) is 33.2 Å². The fourth-order valence-electron chi connectivity index (χ4n) is 2.69. The SMILES string of the molecule is C[C@@H]1CCCCN1c1cc(C(F)(F)F)nc(NC(=S)NC(C)(C)C)n1. The van der Waals surface area contributed by atoms with E-state index in [4.69, 9.17) is 12.2 Å². The normalized spacial score (nSPS) is 18.8. The van der Waals surface area contributed by atoms with Gasteiger partial charge in [-0.25, -0.2) is 4.98 Å². The highest BCUT2D eigenvalue weighted by Gasteiger charge is 2.35. The summed E-state index contributed by atoms with van der Waals surface area (Å²) in [7, 11) is 0. The van der Waals surface area contributed by atoms with Gasteiger partial charge in [0.05, 0.1) is 0 Å². The van der Waals surface area contributed by atoms with Crippen molar-refractivity contribution < 1.29 is 13.2 Å². The van der Waals surface area contributed by atoms with E-state index in [9.17, 15) is 13.2 Å². The molecule has 5 nitrogen and oxygen atoms in total. The van der Waals surface area contributed by atoms with Crippen LogP contribution in [0, 0.1) is 0 Å². The molecule has 1 fully saturated rings. The number of aromatic nitrogens is 2. The van der Waals surface area contributed by atoms with E-state index in [0.717, 1.165) is 25.3 Å². The smallest absolute Gasteiger partial charge is 0.358 e. The lowest BCUT2D eigenvalue weighted by atomic mass is 10.0. The average Bonchev–Trinajstić information content (AvgIpc) is 2.44. The Balaban J connectivity index is 2.32. The summed E-state index contributed by atoms with van der Waals surface area (Å²) in [4.78, 5) is 9.76. The molecule has 2 N–H and O–H groups in total. The largest absolute Gasteiger partial charge is 0.433 e. The molecule has 1 aromatic heterocycles. The summed E-state index contributed by atoms with van der Waals surface area (Å²) in [5, 5.41) is 5.84. The maximum Gasteiger partial charge on any atom is 0.433 e. The van der Waals surface area contributed by atoms with Gasteiger partial charge in [-0.3, -0.25) is 0 Å². The minimum atomic E-state index is -4.55. The predicted molar refractivity (Wildman–Crippen MR) is 96.8 cm³/mol. The summed E-state index contributed by atoms with van der Waals surface area (Å²) < 4.78 is 39.7. The predicted octanol–water partition coefficient (Wildman–Crippen LogP) is 3.96. The molecule has 25 heavy (non-hydrogen) atoms. The van der Waals surface area contributed by atoms with E-state index in [1.807, 2.05) is 32.6 Å². The lowest BCUT2D eigenvalue weighted by Gasteiger charge is -2.34. The summed E-state index contributed by atoms with van der Waals surface area (Å²) >= 11 is 5.15. The van der Waals surface area contributed by atoms with Crippen molar-refractivity contribution in [1.82, 2.24) is 15.3 Å². The second kappa shape index (κ2) is 7.31. The standard InChI is InChI=1S/C16H24F3N5S/c1-10-7-5-6-8-24(10)12-9-11(16(17,18)19)20-13(21-12)22-14(25)23-15(2,3)4/h9-10H,5-8H2,1-4H3,(H2,20,21,22,23,25)/t10-/m1/s1. The van der Waals surface area contributed by atoms with E-state index in [1.54, 1.807) is 0 Å². The van der Waals surface area contributed by atoms with E-state index in [0.29, 0.717) is 6.54 Å². The molecule has 1 aromatic rings. The highest BCUT2D eigenvalue weighted by molar-refractivity contribution is 7.80. The molecule has 0 aliphatic carbocycles. The highest BCUT2D eigenvalue weighted by Crippen LogP contribution is 2.32. The number of halogens is 3. The van der Waals surface area contributed by atoms with Crippen molar-refractivity contribution in [1.29, 1.82) is 0 Å². The molecule has 2 rings (SSSR count). The van der Waals surface area contributed by atoms with Crippen LogP contribution in [0.25, 0.3) is 0 Å². The molecule has 2 heterocycles. The lowest BCUT2D eigenvalue weighted by Crippen LogP contribution is -2.43. The number of piperidine rings is 1. The minimum Gasteiger partial charge on any atom is -0.358 e. The monoisotopic (exact) mass is 375 g/mol. The quantitative estimate of drug-likeness (QED) is 0.763. The maximum atomic E-state index is 13.2. The van der Waals surface area contributed by atoms with Gasteiger partial charge in [-0.15, -0.1) is 0 Å². The number of rotatable bonds is 2. The molecule has 0 radical (unpaired) electrons. The fraction of sp³-hybridized carbons (Fsp3) is 0.688. The number of nitrogens with zero attached hydrogens (tertiary/aromatic N) is 3. The van der Waals surface area contributed by atoms with E-state index >= 15 is 0 Å². The third kappa shape index (κ3) is 5.69. The molecule has 1 aliphatic rings. The van der Waals surface area contributed by atoms with Crippen molar-refractivity contribution in [3.05, 3.63) is 11.8 Å². The Kier molecular flexibility index (Phi) is 5.75. The number of alkyl halides is 3. The lowest BCUT2D eigenvalue weighted by molar-refractivity contribution is -0.141. The molecule has 1 atom stereocenters. The Bertz CT molecular complexity index is 627. The Labute approximate surface area is 151 Å². The van der Waals surface area contributed by atoms with Crippen LogP contribution in [0.1, 0.15) is 52.7 Å². The van der Waals surface area contributed by atoms with Gasteiger partial charge in [0.1, 0.15) is 5.82 Å². The third-order valence-corrected chi connectivity index (χ3v) is 4.02. The number of hydrogen-bond acceptors (Lipinski definition) is 4. The second-order valence-corrected chi connectivity index (χ2v) is 7.71. The molecule has 0 amide bonds. The van der Waals surface area contributed by atoms with Gasteiger partial charge in [0, 0.05) is 24.2 Å². The molecule has 140 valence electrons. The Morgan fingerprint density at radius 2 is 1.92 bits per heavy atom. The van der Waals surface area contributed by atoms with Gasteiger partial charge in [0.2, 0.25) is 5.95 Å². The number of thiocarbonyl (C=S) groups is 1. The first-order valence-corrected chi connectivity index (χ1v) is 8.68. The van der Waals surface area contributed by atoms with Crippen LogP contribution in [0.15, 0.2) is 6.07 Å². The molecule has 0 spiro atoms.